The van der Waals surface area contributed by atoms with Gasteiger partial charge in [0, 0.05) is 19.8 Å². The van der Waals surface area contributed by atoms with Gasteiger partial charge in [0.25, 0.3) is 0 Å². The summed E-state index contributed by atoms with van der Waals surface area (Å²) in [5.41, 5.74) is 0. The molecule has 0 aliphatic carbocycles. The molecule has 0 radical (unpaired) electrons. The molecule has 1 atom stereocenters. The lowest BCUT2D eigenvalue weighted by molar-refractivity contribution is -0.120. The maximum absolute atomic E-state index is 11.6. The van der Waals surface area contributed by atoms with Gasteiger partial charge >= 0.3 is 0 Å². The highest BCUT2D eigenvalue weighted by molar-refractivity contribution is 7.92. The van der Waals surface area contributed by atoms with Gasteiger partial charge in [0.05, 0.1) is 5.75 Å². The first-order valence-electron chi connectivity index (χ1n) is 5.63. The summed E-state index contributed by atoms with van der Waals surface area (Å²) in [6, 6.07) is 0. The third kappa shape index (κ3) is 6.43. The van der Waals surface area contributed by atoms with Crippen LogP contribution in [-0.4, -0.2) is 45.1 Å². The van der Waals surface area contributed by atoms with Crippen molar-refractivity contribution in [3.63, 3.8) is 0 Å². The fraction of sp³-hybridized carbons (Fsp3) is 0.727. The van der Waals surface area contributed by atoms with Crippen LogP contribution < -0.4 is 5.32 Å². The molecule has 0 fully saturated rings. The number of carbonyl (C=O) groups excluding carboxylic acids is 1. The minimum absolute atomic E-state index is 0.180. The van der Waals surface area contributed by atoms with Crippen molar-refractivity contribution in [2.75, 3.05) is 25.5 Å². The van der Waals surface area contributed by atoms with Crippen LogP contribution in [0.1, 0.15) is 20.3 Å². The van der Waals surface area contributed by atoms with Gasteiger partial charge in [-0.25, -0.2) is 8.42 Å². The van der Waals surface area contributed by atoms with Gasteiger partial charge in [-0.2, -0.15) is 0 Å². The molecule has 0 saturated heterocycles. The van der Waals surface area contributed by atoms with E-state index in [2.05, 4.69) is 11.9 Å². The lowest BCUT2D eigenvalue weighted by Gasteiger charge is -2.12. The predicted molar refractivity (Wildman–Crippen MR) is 67.6 cm³/mol. The molecule has 0 aliphatic heterocycles. The Morgan fingerprint density at radius 3 is 2.71 bits per heavy atom. The molecule has 6 heteroatoms. The predicted octanol–water partition coefficient (Wildman–Crippen LogP) is 0.518. The lowest BCUT2D eigenvalue weighted by Crippen LogP contribution is -2.39. The van der Waals surface area contributed by atoms with E-state index in [1.54, 1.807) is 0 Å². The molecule has 1 amide bonds. The maximum Gasteiger partial charge on any atom is 0.238 e. The SMILES string of the molecule is C=CCS(=O)(=O)C(C)C(=O)NCCCOCC. The first-order chi connectivity index (χ1) is 7.95. The molecule has 0 aromatic carbocycles. The highest BCUT2D eigenvalue weighted by Crippen LogP contribution is 2.02. The van der Waals surface area contributed by atoms with E-state index < -0.39 is 21.0 Å². The van der Waals surface area contributed by atoms with E-state index in [9.17, 15) is 13.2 Å². The molecule has 0 saturated carbocycles. The average Bonchev–Trinajstić information content (AvgIpc) is 2.27. The average molecular weight is 263 g/mol. The molecule has 0 heterocycles. The molecule has 100 valence electrons. The zero-order valence-electron chi connectivity index (χ0n) is 10.4. The van der Waals surface area contributed by atoms with Crippen LogP contribution in [0, 0.1) is 0 Å². The largest absolute Gasteiger partial charge is 0.382 e. The second kappa shape index (κ2) is 8.25. The van der Waals surface area contributed by atoms with Gasteiger partial charge < -0.3 is 10.1 Å². The Labute approximate surface area is 103 Å². The van der Waals surface area contributed by atoms with Gasteiger partial charge in [-0.3, -0.25) is 4.79 Å². The molecule has 17 heavy (non-hydrogen) atoms. The van der Waals surface area contributed by atoms with Crippen LogP contribution in [-0.2, 0) is 19.4 Å². The Bertz CT molecular complexity index is 337. The molecule has 1 unspecified atom stereocenters. The van der Waals surface area contributed by atoms with Crippen molar-refractivity contribution in [3.05, 3.63) is 12.7 Å². The van der Waals surface area contributed by atoms with Crippen LogP contribution in [0.25, 0.3) is 0 Å². The van der Waals surface area contributed by atoms with E-state index in [4.69, 9.17) is 4.74 Å². The summed E-state index contributed by atoms with van der Waals surface area (Å²) < 4.78 is 28.2. The van der Waals surface area contributed by atoms with Crippen molar-refractivity contribution in [2.24, 2.45) is 0 Å². The van der Waals surface area contributed by atoms with Gasteiger partial charge in [-0.05, 0) is 20.3 Å². The summed E-state index contributed by atoms with van der Waals surface area (Å²) in [6.45, 7) is 8.25. The van der Waals surface area contributed by atoms with Gasteiger partial charge in [-0.1, -0.05) is 6.08 Å². The molecule has 5 nitrogen and oxygen atoms in total. The Kier molecular flexibility index (Phi) is 7.82. The molecule has 0 aliphatic rings. The number of carbonyl (C=O) groups is 1. The number of rotatable bonds is 9. The molecule has 1 N–H and O–H groups in total. The minimum atomic E-state index is -3.42. The number of nitrogens with one attached hydrogen (secondary N) is 1. The van der Waals surface area contributed by atoms with Gasteiger partial charge in [0.15, 0.2) is 9.84 Å². The van der Waals surface area contributed by atoms with Crippen molar-refractivity contribution in [1.29, 1.82) is 0 Å². The van der Waals surface area contributed by atoms with E-state index in [0.29, 0.717) is 26.2 Å². The van der Waals surface area contributed by atoms with Crippen molar-refractivity contribution in [1.82, 2.24) is 5.32 Å². The minimum Gasteiger partial charge on any atom is -0.382 e. The number of amides is 1. The molecular formula is C11H21NO4S. The first kappa shape index (κ1) is 16.1. The van der Waals surface area contributed by atoms with Crippen molar-refractivity contribution < 1.29 is 17.9 Å². The van der Waals surface area contributed by atoms with Crippen LogP contribution in [0.3, 0.4) is 0 Å². The molecule has 0 aromatic rings. The van der Waals surface area contributed by atoms with E-state index in [1.807, 2.05) is 6.92 Å². The van der Waals surface area contributed by atoms with E-state index >= 15 is 0 Å². The summed E-state index contributed by atoms with van der Waals surface area (Å²) in [7, 11) is -3.42. The molecule has 0 bridgehead atoms. The molecule has 0 spiro atoms. The van der Waals surface area contributed by atoms with Gasteiger partial charge in [0.2, 0.25) is 5.91 Å². The van der Waals surface area contributed by atoms with Gasteiger partial charge in [-0.15, -0.1) is 6.58 Å². The van der Waals surface area contributed by atoms with Crippen LogP contribution in [0.4, 0.5) is 0 Å². The smallest absolute Gasteiger partial charge is 0.238 e. The van der Waals surface area contributed by atoms with Crippen molar-refractivity contribution in [2.45, 2.75) is 25.5 Å². The lowest BCUT2D eigenvalue weighted by atomic mass is 10.4. The summed E-state index contributed by atoms with van der Waals surface area (Å²) in [4.78, 5) is 11.5. The van der Waals surface area contributed by atoms with Crippen LogP contribution in [0.2, 0.25) is 0 Å². The molecular weight excluding hydrogens is 242 g/mol. The second-order valence-corrected chi connectivity index (χ2v) is 5.97. The van der Waals surface area contributed by atoms with Gasteiger partial charge in [0.1, 0.15) is 5.25 Å². The zero-order chi connectivity index (χ0) is 13.3. The number of hydrogen-bond donors (Lipinski definition) is 1. The Morgan fingerprint density at radius 2 is 2.18 bits per heavy atom. The van der Waals surface area contributed by atoms with Crippen molar-refractivity contribution in [3.8, 4) is 0 Å². The Morgan fingerprint density at radius 1 is 1.53 bits per heavy atom. The van der Waals surface area contributed by atoms with E-state index in [-0.39, 0.29) is 5.75 Å². The standard InChI is InChI=1S/C11H21NO4S/c1-4-9-17(14,15)10(3)11(13)12-7-6-8-16-5-2/h4,10H,1,5-9H2,2-3H3,(H,12,13). The fourth-order valence-electron chi connectivity index (χ4n) is 1.15. The Hall–Kier alpha value is -0.880. The number of ether oxygens (including phenoxy) is 1. The van der Waals surface area contributed by atoms with Crippen LogP contribution in [0.15, 0.2) is 12.7 Å². The third-order valence-electron chi connectivity index (χ3n) is 2.23. The number of sulfone groups is 1. The third-order valence-corrected chi connectivity index (χ3v) is 4.22. The summed E-state index contributed by atoms with van der Waals surface area (Å²) in [5, 5.41) is 1.54. The summed E-state index contributed by atoms with van der Waals surface area (Å²) in [5.74, 6) is -0.649. The monoisotopic (exact) mass is 263 g/mol. The molecule has 0 rings (SSSR count). The summed E-state index contributed by atoms with van der Waals surface area (Å²) in [6.07, 6.45) is 1.96. The quantitative estimate of drug-likeness (QED) is 0.486. The topological polar surface area (TPSA) is 72.5 Å². The first-order valence-corrected chi connectivity index (χ1v) is 7.35. The normalized spacial score (nSPS) is 13.1. The van der Waals surface area contributed by atoms with E-state index in [0.717, 1.165) is 0 Å². The summed E-state index contributed by atoms with van der Waals surface area (Å²) >= 11 is 0. The van der Waals surface area contributed by atoms with Crippen LogP contribution >= 0.6 is 0 Å². The fourth-order valence-corrected chi connectivity index (χ4v) is 2.17. The maximum atomic E-state index is 11.6. The second-order valence-electron chi connectivity index (χ2n) is 3.60. The highest BCUT2D eigenvalue weighted by Gasteiger charge is 2.26. The zero-order valence-corrected chi connectivity index (χ0v) is 11.3. The van der Waals surface area contributed by atoms with Crippen LogP contribution in [0.5, 0.6) is 0 Å². The van der Waals surface area contributed by atoms with Crippen molar-refractivity contribution >= 4 is 15.7 Å². The number of hydrogen-bond acceptors (Lipinski definition) is 4. The highest BCUT2D eigenvalue weighted by atomic mass is 32.2. The van der Waals surface area contributed by atoms with E-state index in [1.165, 1.54) is 13.0 Å². The Balaban J connectivity index is 4.02. The molecule has 0 aromatic heterocycles.